The van der Waals surface area contributed by atoms with Crippen molar-refractivity contribution in [3.63, 3.8) is 0 Å². The predicted molar refractivity (Wildman–Crippen MR) is 87.3 cm³/mol. The molecule has 3 N–H and O–H groups in total. The van der Waals surface area contributed by atoms with Crippen molar-refractivity contribution < 1.29 is 4.74 Å². The van der Waals surface area contributed by atoms with Gasteiger partial charge < -0.3 is 4.74 Å². The fraction of sp³-hybridized carbons (Fsp3) is 0.333. The van der Waals surface area contributed by atoms with Crippen LogP contribution in [0.15, 0.2) is 42.5 Å². The van der Waals surface area contributed by atoms with Crippen LogP contribution in [0, 0.1) is 13.8 Å². The molecule has 0 radical (unpaired) electrons. The van der Waals surface area contributed by atoms with Crippen molar-refractivity contribution in [2.45, 2.75) is 39.8 Å². The van der Waals surface area contributed by atoms with Gasteiger partial charge in [0.2, 0.25) is 0 Å². The summed E-state index contributed by atoms with van der Waals surface area (Å²) in [7, 11) is 0. The first kappa shape index (κ1) is 15.5. The Morgan fingerprint density at radius 3 is 2.38 bits per heavy atom. The maximum Gasteiger partial charge on any atom is 0.124 e. The van der Waals surface area contributed by atoms with Gasteiger partial charge in [0, 0.05) is 5.56 Å². The molecular formula is C18H24N2O. The summed E-state index contributed by atoms with van der Waals surface area (Å²) in [5.74, 6) is 6.72. The number of nitrogens with one attached hydrogen (secondary N) is 1. The van der Waals surface area contributed by atoms with Crippen molar-refractivity contribution in [3.05, 3.63) is 64.7 Å². The molecule has 1 unspecified atom stereocenters. The molecule has 0 saturated heterocycles. The highest BCUT2D eigenvalue weighted by Gasteiger charge is 2.19. The third kappa shape index (κ3) is 3.63. The summed E-state index contributed by atoms with van der Waals surface area (Å²) in [5.41, 5.74) is 7.60. The van der Waals surface area contributed by atoms with E-state index >= 15 is 0 Å². The van der Waals surface area contributed by atoms with Crippen LogP contribution in [0.2, 0.25) is 0 Å². The number of hydrazine groups is 1. The van der Waals surface area contributed by atoms with E-state index in [0.717, 1.165) is 11.3 Å². The van der Waals surface area contributed by atoms with Crippen molar-refractivity contribution in [3.8, 4) is 5.75 Å². The molecule has 0 saturated carbocycles. The van der Waals surface area contributed by atoms with Gasteiger partial charge >= 0.3 is 0 Å². The van der Waals surface area contributed by atoms with E-state index in [4.69, 9.17) is 10.6 Å². The molecule has 0 heterocycles. The molecule has 1 atom stereocenters. The van der Waals surface area contributed by atoms with Gasteiger partial charge in [-0.25, -0.2) is 5.43 Å². The number of nitrogens with two attached hydrogens (primary N) is 1. The van der Waals surface area contributed by atoms with E-state index in [0.29, 0.717) is 0 Å². The molecule has 0 aliphatic heterocycles. The molecule has 0 fully saturated rings. The predicted octanol–water partition coefficient (Wildman–Crippen LogP) is 3.64. The zero-order chi connectivity index (χ0) is 15.4. The highest BCUT2D eigenvalue weighted by molar-refractivity contribution is 5.45. The monoisotopic (exact) mass is 284 g/mol. The number of rotatable bonds is 5. The summed E-state index contributed by atoms with van der Waals surface area (Å²) in [6.45, 7) is 8.25. The van der Waals surface area contributed by atoms with Gasteiger partial charge in [0.25, 0.3) is 0 Å². The fourth-order valence-corrected chi connectivity index (χ4v) is 2.50. The molecular weight excluding hydrogens is 260 g/mol. The molecule has 112 valence electrons. The molecule has 3 heteroatoms. The Bertz CT molecular complexity index is 608. The Balaban J connectivity index is 2.49. The highest BCUT2D eigenvalue weighted by Crippen LogP contribution is 2.32. The molecule has 2 aromatic carbocycles. The van der Waals surface area contributed by atoms with E-state index in [1.165, 1.54) is 16.7 Å². The van der Waals surface area contributed by atoms with Crippen LogP contribution in [-0.4, -0.2) is 6.10 Å². The molecule has 2 aromatic rings. The van der Waals surface area contributed by atoms with Gasteiger partial charge in [-0.05, 0) is 44.9 Å². The lowest BCUT2D eigenvalue weighted by Crippen LogP contribution is -2.30. The van der Waals surface area contributed by atoms with Crippen molar-refractivity contribution in [2.24, 2.45) is 5.84 Å². The second kappa shape index (κ2) is 6.74. The van der Waals surface area contributed by atoms with E-state index < -0.39 is 0 Å². The van der Waals surface area contributed by atoms with Crippen LogP contribution in [0.1, 0.15) is 42.1 Å². The van der Waals surface area contributed by atoms with Gasteiger partial charge in [-0.3, -0.25) is 5.84 Å². The van der Waals surface area contributed by atoms with Gasteiger partial charge in [0.15, 0.2) is 0 Å². The lowest BCUT2D eigenvalue weighted by atomic mass is 9.93. The van der Waals surface area contributed by atoms with Crippen LogP contribution in [0.25, 0.3) is 0 Å². The standard InChI is InChI=1S/C18H24N2O/c1-12(2)21-17-8-6-5-7-15(17)18(20-19)16-11-13(3)9-10-14(16)4/h5-12,18,20H,19H2,1-4H3. The van der Waals surface area contributed by atoms with Crippen LogP contribution >= 0.6 is 0 Å². The second-order valence-electron chi connectivity index (χ2n) is 5.66. The number of aryl methyl sites for hydroxylation is 2. The molecule has 3 nitrogen and oxygen atoms in total. The third-order valence-corrected chi connectivity index (χ3v) is 3.51. The van der Waals surface area contributed by atoms with E-state index in [9.17, 15) is 0 Å². The Morgan fingerprint density at radius 2 is 1.71 bits per heavy atom. The minimum Gasteiger partial charge on any atom is -0.491 e. The van der Waals surface area contributed by atoms with Crippen LogP contribution in [-0.2, 0) is 0 Å². The Hall–Kier alpha value is -1.84. The van der Waals surface area contributed by atoms with Crippen molar-refractivity contribution in [2.75, 3.05) is 0 Å². The summed E-state index contributed by atoms with van der Waals surface area (Å²) in [6.07, 6.45) is 0.128. The maximum absolute atomic E-state index is 5.92. The molecule has 0 spiro atoms. The van der Waals surface area contributed by atoms with Crippen molar-refractivity contribution in [1.29, 1.82) is 0 Å². The van der Waals surface area contributed by atoms with Gasteiger partial charge in [-0.15, -0.1) is 0 Å². The van der Waals surface area contributed by atoms with Gasteiger partial charge in [-0.1, -0.05) is 42.0 Å². The van der Waals surface area contributed by atoms with Gasteiger partial charge in [0.05, 0.1) is 12.1 Å². The average molecular weight is 284 g/mol. The topological polar surface area (TPSA) is 47.3 Å². The first-order chi connectivity index (χ1) is 10.0. The van der Waals surface area contributed by atoms with Gasteiger partial charge in [0.1, 0.15) is 5.75 Å². The van der Waals surface area contributed by atoms with Crippen molar-refractivity contribution in [1.82, 2.24) is 5.43 Å². The molecule has 0 aliphatic rings. The summed E-state index contributed by atoms with van der Waals surface area (Å²) >= 11 is 0. The second-order valence-corrected chi connectivity index (χ2v) is 5.66. The summed E-state index contributed by atoms with van der Waals surface area (Å²) in [6, 6.07) is 14.4. The lowest BCUT2D eigenvalue weighted by molar-refractivity contribution is 0.238. The quantitative estimate of drug-likeness (QED) is 0.651. The zero-order valence-electron chi connectivity index (χ0n) is 13.2. The zero-order valence-corrected chi connectivity index (χ0v) is 13.2. The van der Waals surface area contributed by atoms with E-state index in [2.05, 4.69) is 43.5 Å². The smallest absolute Gasteiger partial charge is 0.124 e. The average Bonchev–Trinajstić information content (AvgIpc) is 2.44. The van der Waals surface area contributed by atoms with Crippen LogP contribution in [0.5, 0.6) is 5.75 Å². The summed E-state index contributed by atoms with van der Waals surface area (Å²) in [5, 5.41) is 0. The number of para-hydroxylation sites is 1. The minimum atomic E-state index is -0.0835. The van der Waals surface area contributed by atoms with E-state index in [1.807, 2.05) is 32.0 Å². The van der Waals surface area contributed by atoms with Crippen LogP contribution in [0.4, 0.5) is 0 Å². The highest BCUT2D eigenvalue weighted by atomic mass is 16.5. The maximum atomic E-state index is 5.92. The summed E-state index contributed by atoms with van der Waals surface area (Å²) in [4.78, 5) is 0. The first-order valence-corrected chi connectivity index (χ1v) is 7.31. The first-order valence-electron chi connectivity index (χ1n) is 7.31. The number of benzene rings is 2. The third-order valence-electron chi connectivity index (χ3n) is 3.51. The molecule has 21 heavy (non-hydrogen) atoms. The Morgan fingerprint density at radius 1 is 1.00 bits per heavy atom. The minimum absolute atomic E-state index is 0.0835. The van der Waals surface area contributed by atoms with Crippen molar-refractivity contribution >= 4 is 0 Å². The summed E-state index contributed by atoms with van der Waals surface area (Å²) < 4.78 is 5.92. The Labute approximate surface area is 127 Å². The largest absolute Gasteiger partial charge is 0.491 e. The number of hydrogen-bond acceptors (Lipinski definition) is 3. The number of ether oxygens (including phenoxy) is 1. The van der Waals surface area contributed by atoms with E-state index in [1.54, 1.807) is 0 Å². The molecule has 0 amide bonds. The lowest BCUT2D eigenvalue weighted by Gasteiger charge is -2.23. The normalized spacial score (nSPS) is 12.5. The molecule has 0 aromatic heterocycles. The number of hydrogen-bond donors (Lipinski definition) is 2. The fourth-order valence-electron chi connectivity index (χ4n) is 2.50. The molecule has 2 rings (SSSR count). The van der Waals surface area contributed by atoms with Crippen LogP contribution < -0.4 is 16.0 Å². The van der Waals surface area contributed by atoms with E-state index in [-0.39, 0.29) is 12.1 Å². The van der Waals surface area contributed by atoms with Gasteiger partial charge in [-0.2, -0.15) is 0 Å². The van der Waals surface area contributed by atoms with Crippen LogP contribution in [0.3, 0.4) is 0 Å². The molecule has 0 aliphatic carbocycles. The molecule has 0 bridgehead atoms. The SMILES string of the molecule is Cc1ccc(C)c(C(NN)c2ccccc2OC(C)C)c1. The Kier molecular flexibility index (Phi) is 4.99.